The van der Waals surface area contributed by atoms with E-state index in [1.165, 1.54) is 10.5 Å². The van der Waals surface area contributed by atoms with Gasteiger partial charge in [-0.05, 0) is 30.7 Å². The average molecular weight is 377 g/mol. The topological polar surface area (TPSA) is 83.1 Å². The second-order valence-corrected chi connectivity index (χ2v) is 5.68. The highest BCUT2D eigenvalue weighted by atomic mass is 19.4. The summed E-state index contributed by atoms with van der Waals surface area (Å²) in [6.07, 6.45) is -3.68. The minimum Gasteiger partial charge on any atom is -0.335 e. The van der Waals surface area contributed by atoms with Gasteiger partial charge in [-0.15, -0.1) is 0 Å². The summed E-state index contributed by atoms with van der Waals surface area (Å²) in [5, 5.41) is 11.0. The van der Waals surface area contributed by atoms with E-state index in [-0.39, 0.29) is 22.6 Å². The number of hydrogen-bond acceptors (Lipinski definition) is 4. The van der Waals surface area contributed by atoms with Gasteiger partial charge in [0.05, 0.1) is 0 Å². The van der Waals surface area contributed by atoms with Crippen LogP contribution in [-0.2, 0) is 0 Å². The van der Waals surface area contributed by atoms with Crippen molar-refractivity contribution in [3.05, 3.63) is 65.1 Å². The van der Waals surface area contributed by atoms with E-state index in [2.05, 4.69) is 9.97 Å². The van der Waals surface area contributed by atoms with Crippen LogP contribution in [0.25, 0.3) is 5.65 Å². The van der Waals surface area contributed by atoms with Gasteiger partial charge in [0.2, 0.25) is 0 Å². The third-order valence-corrected chi connectivity index (χ3v) is 3.77. The Kier molecular flexibility index (Phi) is 4.53. The molecule has 1 amide bonds. The number of benzene rings is 1. The molecule has 2 heterocycles. The number of aryl methyl sites for hydroxylation is 1. The number of imidazole rings is 1. The van der Waals surface area contributed by atoms with Gasteiger partial charge in [0.1, 0.15) is 23.9 Å². The van der Waals surface area contributed by atoms with Crippen molar-refractivity contribution in [2.45, 2.75) is 19.1 Å². The van der Waals surface area contributed by atoms with Crippen LogP contribution < -0.4 is 5.32 Å². The van der Waals surface area contributed by atoms with Crippen LogP contribution in [0, 0.1) is 24.1 Å². The summed E-state index contributed by atoms with van der Waals surface area (Å²) in [7, 11) is 0. The molecule has 0 bridgehead atoms. The van der Waals surface area contributed by atoms with E-state index >= 15 is 0 Å². The summed E-state index contributed by atoms with van der Waals surface area (Å²) in [5.74, 6) is -1.82. The first-order valence-electron chi connectivity index (χ1n) is 7.58. The number of carbonyl (C=O) groups excluding carboxylic acids is 1. The largest absolute Gasteiger partial charge is 0.412 e. The second-order valence-electron chi connectivity index (χ2n) is 5.68. The number of alkyl halides is 3. The number of nitriles is 1. The number of fused-ring (bicyclic) bond motifs is 1. The third-order valence-electron chi connectivity index (χ3n) is 3.77. The van der Waals surface area contributed by atoms with Gasteiger partial charge >= 0.3 is 6.18 Å². The summed E-state index contributed by atoms with van der Waals surface area (Å²) in [4.78, 5) is 20.3. The van der Waals surface area contributed by atoms with Gasteiger partial charge in [-0.25, -0.2) is 14.4 Å². The average Bonchev–Trinajstić information content (AvgIpc) is 3.02. The minimum absolute atomic E-state index is 0.0379. The molecule has 0 saturated heterocycles. The predicted octanol–water partition coefficient (Wildman–Crippen LogP) is 3.08. The molecule has 0 aliphatic carbocycles. The first kappa shape index (κ1) is 18.3. The van der Waals surface area contributed by atoms with Gasteiger partial charge in [0.25, 0.3) is 5.91 Å². The van der Waals surface area contributed by atoms with Crippen molar-refractivity contribution < 1.29 is 22.4 Å². The quantitative estimate of drug-likeness (QED) is 0.711. The van der Waals surface area contributed by atoms with E-state index in [1.807, 2.05) is 11.4 Å². The first-order valence-corrected chi connectivity index (χ1v) is 7.58. The number of carbonyl (C=O) groups is 1. The molecule has 0 aliphatic heterocycles. The number of nitrogens with zero attached hydrogens (tertiary/aromatic N) is 4. The van der Waals surface area contributed by atoms with Crippen molar-refractivity contribution in [2.75, 3.05) is 0 Å². The fraction of sp³-hybridized carbons (Fsp3) is 0.176. The van der Waals surface area contributed by atoms with E-state index in [9.17, 15) is 22.4 Å². The Morgan fingerprint density at radius 1 is 1.30 bits per heavy atom. The van der Waals surface area contributed by atoms with Crippen molar-refractivity contribution in [2.24, 2.45) is 0 Å². The zero-order valence-corrected chi connectivity index (χ0v) is 13.8. The SMILES string of the molecule is Cc1cc(C#N)n2cnc(C(=O)NC(c3ccc(F)cc3)C(F)(F)F)c2n1. The monoisotopic (exact) mass is 377 g/mol. The highest BCUT2D eigenvalue weighted by molar-refractivity contribution is 5.98. The lowest BCUT2D eigenvalue weighted by Gasteiger charge is -2.21. The molecule has 1 atom stereocenters. The first-order chi connectivity index (χ1) is 12.7. The molecule has 3 rings (SSSR count). The lowest BCUT2D eigenvalue weighted by Crippen LogP contribution is -2.38. The lowest BCUT2D eigenvalue weighted by molar-refractivity contribution is -0.155. The maximum atomic E-state index is 13.4. The molecule has 27 heavy (non-hydrogen) atoms. The number of aromatic nitrogens is 3. The second kappa shape index (κ2) is 6.68. The number of rotatable bonds is 3. The van der Waals surface area contributed by atoms with Crippen molar-refractivity contribution in [3.8, 4) is 6.07 Å². The third kappa shape index (κ3) is 3.57. The smallest absolute Gasteiger partial charge is 0.335 e. The summed E-state index contributed by atoms with van der Waals surface area (Å²) in [5.41, 5.74) is -0.187. The van der Waals surface area contributed by atoms with Gasteiger partial charge in [-0.1, -0.05) is 12.1 Å². The van der Waals surface area contributed by atoms with E-state index in [4.69, 9.17) is 5.26 Å². The molecular weight excluding hydrogens is 366 g/mol. The van der Waals surface area contributed by atoms with E-state index in [0.717, 1.165) is 30.6 Å². The van der Waals surface area contributed by atoms with Crippen molar-refractivity contribution >= 4 is 11.6 Å². The van der Waals surface area contributed by atoms with Crippen LogP contribution in [0.4, 0.5) is 17.6 Å². The normalized spacial score (nSPS) is 12.6. The molecule has 0 saturated carbocycles. The molecular formula is C17H11F4N5O. The summed E-state index contributed by atoms with van der Waals surface area (Å²) >= 11 is 0. The standard InChI is InChI=1S/C17H11F4N5O/c1-9-6-12(7-22)26-8-23-13(15(26)24-9)16(27)25-14(17(19,20)21)10-2-4-11(18)5-3-10/h2-6,8,14H,1H3,(H,25,27). The lowest BCUT2D eigenvalue weighted by atomic mass is 10.1. The van der Waals surface area contributed by atoms with Gasteiger partial charge in [-0.3, -0.25) is 9.20 Å². The highest BCUT2D eigenvalue weighted by Gasteiger charge is 2.42. The minimum atomic E-state index is -4.82. The van der Waals surface area contributed by atoms with Gasteiger partial charge in [-0.2, -0.15) is 18.4 Å². The summed E-state index contributed by atoms with van der Waals surface area (Å²) < 4.78 is 54.4. The van der Waals surface area contributed by atoms with Crippen molar-refractivity contribution in [1.29, 1.82) is 5.26 Å². The van der Waals surface area contributed by atoms with Crippen LogP contribution in [-0.4, -0.2) is 26.5 Å². The molecule has 0 spiro atoms. The van der Waals surface area contributed by atoms with Gasteiger partial charge < -0.3 is 5.32 Å². The summed E-state index contributed by atoms with van der Waals surface area (Å²) in [6, 6.07) is 4.61. The van der Waals surface area contributed by atoms with E-state index in [0.29, 0.717) is 5.69 Å². The fourth-order valence-corrected chi connectivity index (χ4v) is 2.55. The Bertz CT molecular complexity index is 1050. The molecule has 6 nitrogen and oxygen atoms in total. The van der Waals surface area contributed by atoms with Crippen LogP contribution in [0.3, 0.4) is 0 Å². The molecule has 138 valence electrons. The van der Waals surface area contributed by atoms with E-state index in [1.54, 1.807) is 6.92 Å². The number of nitrogens with one attached hydrogen (secondary N) is 1. The molecule has 0 radical (unpaired) electrons. The van der Waals surface area contributed by atoms with Crippen molar-refractivity contribution in [1.82, 2.24) is 19.7 Å². The Morgan fingerprint density at radius 3 is 2.56 bits per heavy atom. The van der Waals surface area contributed by atoms with Crippen LogP contribution in [0.15, 0.2) is 36.7 Å². The van der Waals surface area contributed by atoms with Crippen LogP contribution in [0.1, 0.15) is 33.5 Å². The Labute approximate surface area is 150 Å². The Balaban J connectivity index is 2.00. The number of halogens is 4. The van der Waals surface area contributed by atoms with Crippen LogP contribution in [0.5, 0.6) is 0 Å². The fourth-order valence-electron chi connectivity index (χ4n) is 2.55. The molecule has 1 aromatic carbocycles. The van der Waals surface area contributed by atoms with Crippen molar-refractivity contribution in [3.63, 3.8) is 0 Å². The maximum Gasteiger partial charge on any atom is 0.412 e. The van der Waals surface area contributed by atoms with E-state index < -0.39 is 23.9 Å². The zero-order valence-electron chi connectivity index (χ0n) is 13.8. The molecule has 3 aromatic rings. The molecule has 0 aliphatic rings. The maximum absolute atomic E-state index is 13.4. The number of hydrogen-bond donors (Lipinski definition) is 1. The van der Waals surface area contributed by atoms with Gasteiger partial charge in [0, 0.05) is 5.69 Å². The van der Waals surface area contributed by atoms with Gasteiger partial charge in [0.15, 0.2) is 17.4 Å². The molecule has 1 unspecified atom stereocenters. The Morgan fingerprint density at radius 2 is 1.96 bits per heavy atom. The molecule has 2 aromatic heterocycles. The molecule has 0 fully saturated rings. The number of amides is 1. The highest BCUT2D eigenvalue weighted by Crippen LogP contribution is 2.33. The van der Waals surface area contributed by atoms with Crippen LogP contribution >= 0.6 is 0 Å². The Hall–Kier alpha value is -3.48. The predicted molar refractivity (Wildman–Crippen MR) is 85.1 cm³/mol. The molecule has 1 N–H and O–H groups in total. The zero-order chi connectivity index (χ0) is 19.8. The molecule has 10 heteroatoms. The van der Waals surface area contributed by atoms with Crippen LogP contribution in [0.2, 0.25) is 0 Å². The summed E-state index contributed by atoms with van der Waals surface area (Å²) in [6.45, 7) is 1.58.